The molecule has 0 spiro atoms. The molecule has 3 amide bonds. The van der Waals surface area contributed by atoms with Gasteiger partial charge >= 0.3 is 16.4 Å². The molecule has 3 saturated heterocycles. The molecule has 3 heterocycles. The highest BCUT2D eigenvalue weighted by atomic mass is 32.3. The van der Waals surface area contributed by atoms with Gasteiger partial charge in [0.05, 0.1) is 0 Å². The SMILES string of the molecule is NC(=O)[C@@H]1CC[C@@H]2C[N+]1(OCC1CCCCN1)C(=O)N2OS(=O)(=O)O. The summed E-state index contributed by atoms with van der Waals surface area (Å²) in [5, 5.41) is 3.87. The predicted molar refractivity (Wildman–Crippen MR) is 82.6 cm³/mol. The van der Waals surface area contributed by atoms with Crippen molar-refractivity contribution < 1.29 is 36.3 Å². The first-order chi connectivity index (χ1) is 11.7. The van der Waals surface area contributed by atoms with Gasteiger partial charge in [-0.1, -0.05) is 11.1 Å². The maximum Gasteiger partial charge on any atom is 0.477 e. The minimum atomic E-state index is -4.87. The Morgan fingerprint density at radius 2 is 2.12 bits per heavy atom. The second-order valence-corrected chi connectivity index (χ2v) is 7.69. The van der Waals surface area contributed by atoms with Crippen LogP contribution in [0.5, 0.6) is 0 Å². The third kappa shape index (κ3) is 3.64. The smallest absolute Gasteiger partial charge is 0.364 e. The van der Waals surface area contributed by atoms with Gasteiger partial charge in [0, 0.05) is 12.5 Å². The molecule has 0 aromatic carbocycles. The van der Waals surface area contributed by atoms with Gasteiger partial charge in [0.15, 0.2) is 0 Å². The summed E-state index contributed by atoms with van der Waals surface area (Å²) in [6.45, 7) is 1.07. The van der Waals surface area contributed by atoms with Gasteiger partial charge in [0.25, 0.3) is 5.91 Å². The second-order valence-electron chi connectivity index (χ2n) is 6.68. The van der Waals surface area contributed by atoms with Crippen LogP contribution >= 0.6 is 0 Å². The van der Waals surface area contributed by atoms with Gasteiger partial charge in [-0.25, -0.2) is 4.79 Å². The number of amides is 3. The third-order valence-corrected chi connectivity index (χ3v) is 5.37. The Bertz CT molecular complexity index is 651. The maximum atomic E-state index is 12.8. The number of primary amides is 1. The number of piperidine rings is 2. The highest BCUT2D eigenvalue weighted by Gasteiger charge is 2.65. The molecule has 0 saturated carbocycles. The Balaban J connectivity index is 1.82. The standard InChI is InChI=1S/C13H22N4O7S/c14-12(18)11-5-4-10-7-17(11,13(19)16(10)24-25(20,21)22)23-8-9-3-1-2-6-15-9/h9-11,15H,1-8H2,(H2-,14,18,20,21,22)/p+1/t9?,10-,11+,17?/m1/s1. The number of carbonyl (C=O) groups excluding carboxylic acids is 2. The summed E-state index contributed by atoms with van der Waals surface area (Å²) in [7, 11) is -4.87. The highest BCUT2D eigenvalue weighted by molar-refractivity contribution is 7.80. The lowest BCUT2D eigenvalue weighted by atomic mass is 10.00. The largest absolute Gasteiger partial charge is 0.477 e. The Morgan fingerprint density at radius 1 is 1.36 bits per heavy atom. The molecular weight excluding hydrogens is 356 g/mol. The van der Waals surface area contributed by atoms with Crippen molar-refractivity contribution in [3.63, 3.8) is 0 Å². The van der Waals surface area contributed by atoms with E-state index in [1.165, 1.54) is 0 Å². The van der Waals surface area contributed by atoms with E-state index in [2.05, 4.69) is 9.60 Å². The van der Waals surface area contributed by atoms with Gasteiger partial charge in [-0.3, -0.25) is 9.35 Å². The number of hydrogen-bond acceptors (Lipinski definition) is 7. The zero-order chi connectivity index (χ0) is 18.2. The quantitative estimate of drug-likeness (QED) is 0.396. The molecule has 4 N–H and O–H groups in total. The van der Waals surface area contributed by atoms with E-state index < -0.39 is 39.1 Å². The Labute approximate surface area is 145 Å². The monoisotopic (exact) mass is 379 g/mol. The molecule has 12 heteroatoms. The molecule has 0 aliphatic carbocycles. The first-order valence-corrected chi connectivity index (χ1v) is 9.65. The van der Waals surface area contributed by atoms with E-state index in [4.69, 9.17) is 15.1 Å². The van der Waals surface area contributed by atoms with Crippen LogP contribution in [0.1, 0.15) is 32.1 Å². The van der Waals surface area contributed by atoms with Crippen molar-refractivity contribution >= 4 is 22.3 Å². The van der Waals surface area contributed by atoms with Crippen molar-refractivity contribution in [1.29, 1.82) is 0 Å². The lowest BCUT2D eigenvalue weighted by Gasteiger charge is -2.36. The normalized spacial score (nSPS) is 35.8. The summed E-state index contributed by atoms with van der Waals surface area (Å²) in [5.41, 5.74) is 5.45. The number of urea groups is 1. The number of quaternary nitrogens is 1. The Morgan fingerprint density at radius 3 is 2.72 bits per heavy atom. The van der Waals surface area contributed by atoms with Crippen molar-refractivity contribution in [3.8, 4) is 0 Å². The van der Waals surface area contributed by atoms with Gasteiger partial charge in [0.1, 0.15) is 19.2 Å². The molecule has 0 radical (unpaired) electrons. The topological polar surface area (TPSA) is 148 Å². The molecule has 142 valence electrons. The minimum Gasteiger partial charge on any atom is -0.364 e. The highest BCUT2D eigenvalue weighted by Crippen LogP contribution is 2.38. The summed E-state index contributed by atoms with van der Waals surface area (Å²) >= 11 is 0. The van der Waals surface area contributed by atoms with E-state index in [0.717, 1.165) is 25.8 Å². The van der Waals surface area contributed by atoms with Gasteiger partial charge in [-0.2, -0.15) is 13.3 Å². The number of rotatable bonds is 6. The molecule has 25 heavy (non-hydrogen) atoms. The zero-order valence-corrected chi connectivity index (χ0v) is 14.5. The fourth-order valence-electron chi connectivity index (χ4n) is 3.85. The zero-order valence-electron chi connectivity index (χ0n) is 13.7. The number of nitrogens with zero attached hydrogens (tertiary/aromatic N) is 2. The summed E-state index contributed by atoms with van der Waals surface area (Å²) in [4.78, 5) is 30.5. The van der Waals surface area contributed by atoms with Crippen LogP contribution in [-0.2, 0) is 24.3 Å². The molecule has 3 fully saturated rings. The molecule has 11 nitrogen and oxygen atoms in total. The Kier molecular flexibility index (Phi) is 5.01. The summed E-state index contributed by atoms with van der Waals surface area (Å²) in [6, 6.07) is -2.36. The molecule has 2 bridgehead atoms. The first kappa shape index (κ1) is 18.5. The average Bonchev–Trinajstić information content (AvgIpc) is 2.74. The van der Waals surface area contributed by atoms with Gasteiger partial charge in [-0.15, -0.1) is 9.35 Å². The second kappa shape index (κ2) is 6.78. The summed E-state index contributed by atoms with van der Waals surface area (Å²) < 4.78 is 34.7. The number of hydroxylamine groups is 5. The van der Waals surface area contributed by atoms with Crippen LogP contribution in [0.3, 0.4) is 0 Å². The van der Waals surface area contributed by atoms with Gasteiger partial charge < -0.3 is 11.1 Å². The fraction of sp³-hybridized carbons (Fsp3) is 0.846. The Hall–Kier alpha value is -1.31. The van der Waals surface area contributed by atoms with Crippen molar-refractivity contribution in [2.24, 2.45) is 5.73 Å². The molecule has 3 aliphatic heterocycles. The molecule has 3 rings (SSSR count). The number of fused-ring (bicyclic) bond motifs is 2. The van der Waals surface area contributed by atoms with Crippen LogP contribution in [0.4, 0.5) is 4.79 Å². The van der Waals surface area contributed by atoms with Crippen molar-refractivity contribution in [1.82, 2.24) is 10.4 Å². The van der Waals surface area contributed by atoms with Crippen molar-refractivity contribution in [2.45, 2.75) is 50.2 Å². The summed E-state index contributed by atoms with van der Waals surface area (Å²) in [5.74, 6) is -0.697. The van der Waals surface area contributed by atoms with Crippen LogP contribution in [0.15, 0.2) is 0 Å². The van der Waals surface area contributed by atoms with E-state index in [1.807, 2.05) is 0 Å². The lowest BCUT2D eigenvalue weighted by Crippen LogP contribution is -2.64. The van der Waals surface area contributed by atoms with Crippen molar-refractivity contribution in [3.05, 3.63) is 0 Å². The molecule has 2 unspecified atom stereocenters. The van der Waals surface area contributed by atoms with Gasteiger partial charge in [-0.05, 0) is 25.8 Å². The lowest BCUT2D eigenvalue weighted by molar-refractivity contribution is -1.05. The average molecular weight is 379 g/mol. The van der Waals surface area contributed by atoms with Gasteiger partial charge in [0.2, 0.25) is 6.04 Å². The number of nitrogens with one attached hydrogen (secondary N) is 1. The fourth-order valence-corrected chi connectivity index (χ4v) is 4.23. The maximum absolute atomic E-state index is 12.8. The number of hydrogen-bond donors (Lipinski definition) is 3. The minimum absolute atomic E-state index is 0.0364. The van der Waals surface area contributed by atoms with E-state index >= 15 is 0 Å². The molecule has 0 aromatic heterocycles. The van der Waals surface area contributed by atoms with E-state index in [1.54, 1.807) is 0 Å². The predicted octanol–water partition coefficient (Wildman–Crippen LogP) is -0.937. The van der Waals surface area contributed by atoms with Crippen LogP contribution < -0.4 is 11.1 Å². The van der Waals surface area contributed by atoms with Crippen molar-refractivity contribution in [2.75, 3.05) is 19.7 Å². The van der Waals surface area contributed by atoms with Crippen LogP contribution in [0, 0.1) is 0 Å². The van der Waals surface area contributed by atoms with E-state index in [9.17, 15) is 18.0 Å². The third-order valence-electron chi connectivity index (χ3n) is 5.02. The van der Waals surface area contributed by atoms with E-state index in [-0.39, 0.29) is 25.6 Å². The summed E-state index contributed by atoms with van der Waals surface area (Å²) in [6.07, 6.45) is 3.56. The molecular formula is C13H23N4O7S+. The molecule has 3 aliphatic rings. The van der Waals surface area contributed by atoms with Crippen LogP contribution in [0.25, 0.3) is 0 Å². The van der Waals surface area contributed by atoms with Crippen LogP contribution in [-0.4, -0.2) is 72.4 Å². The molecule has 0 aromatic rings. The van der Waals surface area contributed by atoms with E-state index in [0.29, 0.717) is 11.5 Å². The van der Waals surface area contributed by atoms with Crippen LogP contribution in [0.2, 0.25) is 0 Å². The molecule has 4 atom stereocenters. The number of nitrogens with two attached hydrogens (primary N) is 1. The number of carbonyl (C=O) groups is 2. The first-order valence-electron chi connectivity index (χ1n) is 8.29.